The van der Waals surface area contributed by atoms with Crippen molar-refractivity contribution in [3.8, 4) is 34.0 Å². The fraction of sp³-hybridized carbons (Fsp3) is 0.0222. The van der Waals surface area contributed by atoms with Crippen LogP contribution in [0.1, 0.15) is 28.2 Å². The Morgan fingerprint density at radius 2 is 1.39 bits per heavy atom. The van der Waals surface area contributed by atoms with E-state index in [2.05, 4.69) is 125 Å². The summed E-state index contributed by atoms with van der Waals surface area (Å²) >= 11 is 0. The highest BCUT2D eigenvalue weighted by atomic mass is 16.3. The van der Waals surface area contributed by atoms with Crippen LogP contribution in [0.3, 0.4) is 0 Å². The maximum atomic E-state index is 9.87. The van der Waals surface area contributed by atoms with Gasteiger partial charge >= 0.3 is 0 Å². The van der Waals surface area contributed by atoms with Gasteiger partial charge in [0.2, 0.25) is 5.69 Å². The summed E-state index contributed by atoms with van der Waals surface area (Å²) in [7, 11) is 0. The van der Waals surface area contributed by atoms with Gasteiger partial charge in [-0.15, -0.1) is 0 Å². The van der Waals surface area contributed by atoms with Gasteiger partial charge in [-0.1, -0.05) is 97.1 Å². The van der Waals surface area contributed by atoms with Gasteiger partial charge in [-0.3, -0.25) is 0 Å². The maximum Gasteiger partial charge on any atom is 0.204 e. The number of para-hydroxylation sites is 1. The Morgan fingerprint density at radius 1 is 0.633 bits per heavy atom. The molecule has 9 aromatic rings. The lowest BCUT2D eigenvalue weighted by Gasteiger charge is -2.14. The van der Waals surface area contributed by atoms with Gasteiger partial charge < -0.3 is 8.98 Å². The molecule has 0 aliphatic heterocycles. The summed E-state index contributed by atoms with van der Waals surface area (Å²) < 4.78 is 8.78. The van der Waals surface area contributed by atoms with E-state index in [0.717, 1.165) is 60.6 Å². The molecule has 226 valence electrons. The van der Waals surface area contributed by atoms with E-state index in [1.165, 1.54) is 27.8 Å². The number of rotatable bonds is 3. The Labute approximate surface area is 282 Å². The molecule has 0 radical (unpaired) electrons. The zero-order valence-electron chi connectivity index (χ0n) is 26.2. The summed E-state index contributed by atoms with van der Waals surface area (Å²) in [6.07, 6.45) is 0. The van der Waals surface area contributed by atoms with Crippen molar-refractivity contribution in [1.82, 2.24) is 4.57 Å². The van der Waals surface area contributed by atoms with Gasteiger partial charge in [0.05, 0.1) is 34.6 Å². The molecule has 0 N–H and O–H groups in total. The third kappa shape index (κ3) is 3.89. The number of hydrogen-bond acceptors (Lipinski definition) is 2. The third-order valence-electron chi connectivity index (χ3n) is 10.1. The molecule has 7 aromatic carbocycles. The Hall–Kier alpha value is -6.88. The molecule has 0 bridgehead atoms. The lowest BCUT2D eigenvalue weighted by atomic mass is 9.89. The first-order valence-electron chi connectivity index (χ1n) is 16.3. The highest BCUT2D eigenvalue weighted by molar-refractivity contribution is 6.24. The van der Waals surface area contributed by atoms with Crippen molar-refractivity contribution in [2.24, 2.45) is 0 Å². The monoisotopic (exact) mass is 623 g/mol. The number of hydrogen-bond donors (Lipinski definition) is 0. The van der Waals surface area contributed by atoms with Gasteiger partial charge in [0.15, 0.2) is 0 Å². The second-order valence-electron chi connectivity index (χ2n) is 12.7. The predicted octanol–water partition coefficient (Wildman–Crippen LogP) is 11.9. The normalized spacial score (nSPS) is 13.5. The molecule has 4 heteroatoms. The third-order valence-corrected chi connectivity index (χ3v) is 10.1. The number of fused-ring (bicyclic) bond motifs is 10. The van der Waals surface area contributed by atoms with Crippen molar-refractivity contribution in [3.05, 3.63) is 179 Å². The van der Waals surface area contributed by atoms with Crippen molar-refractivity contribution in [2.45, 2.75) is 5.92 Å². The first-order chi connectivity index (χ1) is 24.2. The lowest BCUT2D eigenvalue weighted by Crippen LogP contribution is -1.98. The van der Waals surface area contributed by atoms with Crippen LogP contribution in [-0.4, -0.2) is 4.57 Å². The van der Waals surface area contributed by atoms with Crippen molar-refractivity contribution in [1.29, 1.82) is 5.26 Å². The summed E-state index contributed by atoms with van der Waals surface area (Å²) in [5.74, 6) is 0.204. The van der Waals surface area contributed by atoms with E-state index in [1.54, 1.807) is 6.07 Å². The lowest BCUT2D eigenvalue weighted by molar-refractivity contribution is 0.673. The van der Waals surface area contributed by atoms with E-state index >= 15 is 0 Å². The number of nitriles is 1. The van der Waals surface area contributed by atoms with Crippen LogP contribution >= 0.6 is 0 Å². The van der Waals surface area contributed by atoms with Gasteiger partial charge in [-0.2, -0.15) is 5.26 Å². The predicted molar refractivity (Wildman–Crippen MR) is 197 cm³/mol. The van der Waals surface area contributed by atoms with Crippen molar-refractivity contribution < 1.29 is 4.42 Å². The zero-order valence-corrected chi connectivity index (χ0v) is 26.2. The van der Waals surface area contributed by atoms with Crippen molar-refractivity contribution >= 4 is 49.4 Å². The average Bonchev–Trinajstić information content (AvgIpc) is 3.82. The molecule has 2 aromatic heterocycles. The highest BCUT2D eigenvalue weighted by Gasteiger charge is 2.30. The summed E-state index contributed by atoms with van der Waals surface area (Å²) in [5, 5.41) is 14.1. The standard InChI is InChI=1S/C45H25N3O/c1-47-39-20-17-31(23-30(39)26-46)48-40-21-16-29(25-38(40)44-41(48)22-19-36-33-12-7-8-14-42(33)49-45(36)44)28-15-18-35-37(24-28)32-11-5-6-13-34(32)43(35)27-9-3-2-4-10-27/h2-25,43H. The largest absolute Gasteiger partial charge is 0.455 e. The Kier molecular flexibility index (Phi) is 5.73. The van der Waals surface area contributed by atoms with E-state index in [1.807, 2.05) is 30.3 Å². The number of nitrogens with zero attached hydrogens (tertiary/aromatic N) is 3. The SMILES string of the molecule is [C-]#[N+]c1ccc(-n2c3ccc(-c4ccc5c(c4)-c4ccccc4C5c4ccccc4)cc3c3c4oc5ccccc5c4ccc32)cc1C#N. The molecule has 1 unspecified atom stereocenters. The number of benzene rings is 7. The van der Waals surface area contributed by atoms with Crippen molar-refractivity contribution in [2.75, 3.05) is 0 Å². The molecule has 2 heterocycles. The van der Waals surface area contributed by atoms with Gasteiger partial charge in [0.25, 0.3) is 0 Å². The second-order valence-corrected chi connectivity index (χ2v) is 12.7. The first kappa shape index (κ1) is 27.3. The minimum absolute atomic E-state index is 0.204. The Morgan fingerprint density at radius 3 is 2.27 bits per heavy atom. The Bertz CT molecular complexity index is 2910. The Balaban J connectivity index is 1.23. The number of aromatic nitrogens is 1. The zero-order chi connectivity index (χ0) is 32.6. The van der Waals surface area contributed by atoms with Crippen LogP contribution in [0.2, 0.25) is 0 Å². The minimum Gasteiger partial charge on any atom is -0.455 e. The molecular formula is C45H25N3O. The molecule has 1 atom stereocenters. The molecule has 0 saturated carbocycles. The molecule has 10 rings (SSSR count). The number of furan rings is 1. The van der Waals surface area contributed by atoms with Gasteiger partial charge in [-0.25, -0.2) is 4.85 Å². The molecule has 4 nitrogen and oxygen atoms in total. The van der Waals surface area contributed by atoms with E-state index in [4.69, 9.17) is 11.0 Å². The van der Waals surface area contributed by atoms with Crippen molar-refractivity contribution in [3.63, 3.8) is 0 Å². The molecule has 0 fully saturated rings. The van der Waals surface area contributed by atoms with Crippen LogP contribution in [0.4, 0.5) is 5.69 Å². The van der Waals surface area contributed by atoms with Crippen LogP contribution in [0, 0.1) is 17.9 Å². The smallest absolute Gasteiger partial charge is 0.204 e. The van der Waals surface area contributed by atoms with Crippen LogP contribution in [0.15, 0.2) is 150 Å². The minimum atomic E-state index is 0.204. The molecule has 0 amide bonds. The fourth-order valence-corrected chi connectivity index (χ4v) is 7.98. The quantitative estimate of drug-likeness (QED) is 0.184. The van der Waals surface area contributed by atoms with E-state index < -0.39 is 0 Å². The van der Waals surface area contributed by atoms with Gasteiger partial charge in [0.1, 0.15) is 11.2 Å². The highest BCUT2D eigenvalue weighted by Crippen LogP contribution is 2.49. The second kappa shape index (κ2) is 10.3. The first-order valence-corrected chi connectivity index (χ1v) is 16.3. The van der Waals surface area contributed by atoms with Gasteiger partial charge in [0, 0.05) is 27.8 Å². The topological polar surface area (TPSA) is 46.2 Å². The molecular weight excluding hydrogens is 599 g/mol. The van der Waals surface area contributed by atoms with E-state index in [9.17, 15) is 5.26 Å². The van der Waals surface area contributed by atoms with Crippen LogP contribution in [0.25, 0.3) is 76.5 Å². The summed E-state index contributed by atoms with van der Waals surface area (Å²) in [4.78, 5) is 3.56. The van der Waals surface area contributed by atoms with E-state index in [-0.39, 0.29) is 5.92 Å². The molecule has 1 aliphatic rings. The molecule has 49 heavy (non-hydrogen) atoms. The maximum absolute atomic E-state index is 9.87. The van der Waals surface area contributed by atoms with Gasteiger partial charge in [-0.05, 0) is 87.5 Å². The van der Waals surface area contributed by atoms with E-state index in [0.29, 0.717) is 11.3 Å². The van der Waals surface area contributed by atoms with Crippen LogP contribution in [0.5, 0.6) is 0 Å². The molecule has 0 saturated heterocycles. The van der Waals surface area contributed by atoms with Crippen LogP contribution in [-0.2, 0) is 0 Å². The fourth-order valence-electron chi connectivity index (χ4n) is 7.98. The average molecular weight is 624 g/mol. The summed E-state index contributed by atoms with van der Waals surface area (Å²) in [6.45, 7) is 7.54. The molecule has 0 spiro atoms. The molecule has 1 aliphatic carbocycles. The van der Waals surface area contributed by atoms with Crippen LogP contribution < -0.4 is 0 Å². The summed E-state index contributed by atoms with van der Waals surface area (Å²) in [6, 6.07) is 53.2. The summed E-state index contributed by atoms with van der Waals surface area (Å²) in [5.41, 5.74) is 14.0.